The number of carbonyl (C=O) groups excluding carboxylic acids is 1. The Hall–Kier alpha value is -2.63. The Morgan fingerprint density at radius 3 is 2.43 bits per heavy atom. The number of benzene rings is 1. The van der Waals surface area contributed by atoms with Gasteiger partial charge in [-0.15, -0.1) is 0 Å². The lowest BCUT2D eigenvalue weighted by atomic mass is 10.1. The predicted octanol–water partition coefficient (Wildman–Crippen LogP) is 3.11. The highest BCUT2D eigenvalue weighted by molar-refractivity contribution is 5.92. The number of piperazine rings is 1. The summed E-state index contributed by atoms with van der Waals surface area (Å²) in [5.41, 5.74) is 5.22. The van der Waals surface area contributed by atoms with Crippen LogP contribution in [0.2, 0.25) is 0 Å². The van der Waals surface area contributed by atoms with E-state index in [0.29, 0.717) is 24.1 Å². The number of amides is 1. The van der Waals surface area contributed by atoms with Gasteiger partial charge in [0.1, 0.15) is 5.69 Å². The van der Waals surface area contributed by atoms with Crippen LogP contribution in [-0.2, 0) is 0 Å². The molecule has 2 heterocycles. The topological polar surface area (TPSA) is 61.4 Å². The third-order valence-electron chi connectivity index (χ3n) is 5.23. The molecule has 1 aliphatic rings. The van der Waals surface area contributed by atoms with Crippen LogP contribution in [0.4, 0.5) is 11.6 Å². The van der Waals surface area contributed by atoms with E-state index in [0.717, 1.165) is 31.9 Å². The molecule has 150 valence electrons. The van der Waals surface area contributed by atoms with Crippen LogP contribution < -0.4 is 15.1 Å². The first kappa shape index (κ1) is 20.1. The van der Waals surface area contributed by atoms with Crippen LogP contribution in [0.5, 0.6) is 0 Å². The number of aryl methyl sites for hydroxylation is 2. The lowest BCUT2D eigenvalue weighted by molar-refractivity contribution is 0.0944. The Kier molecular flexibility index (Phi) is 6.17. The van der Waals surface area contributed by atoms with Crippen molar-refractivity contribution in [2.45, 2.75) is 34.6 Å². The third kappa shape index (κ3) is 4.61. The number of nitrogens with zero attached hydrogens (tertiary/aromatic N) is 4. The molecule has 1 aromatic carbocycles. The van der Waals surface area contributed by atoms with Gasteiger partial charge in [0.25, 0.3) is 5.91 Å². The molecule has 0 spiro atoms. The molecule has 0 radical (unpaired) electrons. The van der Waals surface area contributed by atoms with Crippen molar-refractivity contribution in [3.63, 3.8) is 0 Å². The quantitative estimate of drug-likeness (QED) is 0.862. The largest absolute Gasteiger partial charge is 0.368 e. The summed E-state index contributed by atoms with van der Waals surface area (Å²) >= 11 is 0. The average Bonchev–Trinajstić information content (AvgIpc) is 2.68. The summed E-state index contributed by atoms with van der Waals surface area (Å²) in [5.74, 6) is 0.925. The van der Waals surface area contributed by atoms with E-state index in [1.54, 1.807) is 6.07 Å². The lowest BCUT2D eigenvalue weighted by Crippen LogP contribution is -2.47. The summed E-state index contributed by atoms with van der Waals surface area (Å²) in [6.45, 7) is 14.5. The molecule has 0 unspecified atom stereocenters. The maximum absolute atomic E-state index is 12.4. The lowest BCUT2D eigenvalue weighted by Gasteiger charge is -2.37. The van der Waals surface area contributed by atoms with Gasteiger partial charge in [-0.05, 0) is 49.9 Å². The Morgan fingerprint density at radius 1 is 1.07 bits per heavy atom. The van der Waals surface area contributed by atoms with Gasteiger partial charge in [-0.2, -0.15) is 0 Å². The third-order valence-corrected chi connectivity index (χ3v) is 5.23. The monoisotopic (exact) mass is 381 g/mol. The fourth-order valence-corrected chi connectivity index (χ4v) is 3.42. The molecule has 2 aromatic rings. The number of anilines is 2. The van der Waals surface area contributed by atoms with Gasteiger partial charge in [0.2, 0.25) is 5.95 Å². The van der Waals surface area contributed by atoms with E-state index in [9.17, 15) is 4.79 Å². The second kappa shape index (κ2) is 8.59. The highest BCUT2D eigenvalue weighted by atomic mass is 16.1. The van der Waals surface area contributed by atoms with E-state index in [1.807, 2.05) is 6.92 Å². The SMILES string of the molecule is Cc1cc(C(=O)NCC(C)C)nc(N2CCN(c3cccc(C)c3C)CC2)n1. The van der Waals surface area contributed by atoms with Crippen LogP contribution in [0.3, 0.4) is 0 Å². The van der Waals surface area contributed by atoms with E-state index in [-0.39, 0.29) is 5.91 Å². The van der Waals surface area contributed by atoms with Crippen molar-refractivity contribution in [1.82, 2.24) is 15.3 Å². The van der Waals surface area contributed by atoms with Crippen LogP contribution in [0.15, 0.2) is 24.3 Å². The van der Waals surface area contributed by atoms with Gasteiger partial charge in [-0.1, -0.05) is 26.0 Å². The molecule has 1 aromatic heterocycles. The zero-order valence-electron chi connectivity index (χ0n) is 17.6. The molecule has 1 aliphatic heterocycles. The van der Waals surface area contributed by atoms with E-state index in [1.165, 1.54) is 16.8 Å². The molecule has 3 rings (SSSR count). The smallest absolute Gasteiger partial charge is 0.270 e. The first-order valence-electron chi connectivity index (χ1n) is 10.0. The summed E-state index contributed by atoms with van der Waals surface area (Å²) in [5, 5.41) is 2.94. The van der Waals surface area contributed by atoms with Crippen LogP contribution in [0, 0.1) is 26.7 Å². The zero-order valence-corrected chi connectivity index (χ0v) is 17.6. The van der Waals surface area contributed by atoms with Gasteiger partial charge >= 0.3 is 0 Å². The maximum Gasteiger partial charge on any atom is 0.270 e. The first-order valence-corrected chi connectivity index (χ1v) is 10.0. The molecule has 1 fully saturated rings. The van der Waals surface area contributed by atoms with Crippen molar-refractivity contribution < 1.29 is 4.79 Å². The normalized spacial score (nSPS) is 14.5. The van der Waals surface area contributed by atoms with Gasteiger partial charge in [0.05, 0.1) is 0 Å². The molecule has 0 atom stereocenters. The number of rotatable bonds is 5. The van der Waals surface area contributed by atoms with E-state index in [4.69, 9.17) is 0 Å². The second-order valence-corrected chi connectivity index (χ2v) is 7.99. The Bertz CT molecular complexity index is 841. The molecule has 0 aliphatic carbocycles. The molecule has 1 amide bonds. The molecule has 0 bridgehead atoms. The van der Waals surface area contributed by atoms with Crippen LogP contribution in [-0.4, -0.2) is 48.6 Å². The predicted molar refractivity (Wildman–Crippen MR) is 114 cm³/mol. The first-order chi connectivity index (χ1) is 13.3. The molecule has 28 heavy (non-hydrogen) atoms. The highest BCUT2D eigenvalue weighted by Crippen LogP contribution is 2.24. The number of carbonyl (C=O) groups is 1. The van der Waals surface area contributed by atoms with Gasteiger partial charge in [0, 0.05) is 44.1 Å². The van der Waals surface area contributed by atoms with Crippen LogP contribution in [0.25, 0.3) is 0 Å². The van der Waals surface area contributed by atoms with E-state index in [2.05, 4.69) is 71.0 Å². The molecular formula is C22H31N5O. The summed E-state index contributed by atoms with van der Waals surface area (Å²) in [7, 11) is 0. The van der Waals surface area contributed by atoms with Gasteiger partial charge in [-0.25, -0.2) is 9.97 Å². The van der Waals surface area contributed by atoms with Gasteiger partial charge in [0.15, 0.2) is 0 Å². The number of hydrogen-bond donors (Lipinski definition) is 1. The highest BCUT2D eigenvalue weighted by Gasteiger charge is 2.22. The fraction of sp³-hybridized carbons (Fsp3) is 0.500. The van der Waals surface area contributed by atoms with Crippen molar-refractivity contribution in [3.05, 3.63) is 46.8 Å². The van der Waals surface area contributed by atoms with Crippen molar-refractivity contribution in [2.24, 2.45) is 5.92 Å². The van der Waals surface area contributed by atoms with Crippen molar-refractivity contribution in [3.8, 4) is 0 Å². The molecule has 6 nitrogen and oxygen atoms in total. The van der Waals surface area contributed by atoms with Crippen molar-refractivity contribution in [2.75, 3.05) is 42.5 Å². The van der Waals surface area contributed by atoms with Crippen molar-refractivity contribution in [1.29, 1.82) is 0 Å². The summed E-state index contributed by atoms with van der Waals surface area (Å²) < 4.78 is 0. The molecular weight excluding hydrogens is 350 g/mol. The number of hydrogen-bond acceptors (Lipinski definition) is 5. The molecule has 0 saturated carbocycles. The van der Waals surface area contributed by atoms with Crippen molar-refractivity contribution >= 4 is 17.5 Å². The maximum atomic E-state index is 12.4. The second-order valence-electron chi connectivity index (χ2n) is 7.99. The molecule has 1 N–H and O–H groups in total. The Labute approximate surface area is 168 Å². The summed E-state index contributed by atoms with van der Waals surface area (Å²) in [4.78, 5) is 26.1. The van der Waals surface area contributed by atoms with E-state index >= 15 is 0 Å². The minimum absolute atomic E-state index is 0.130. The number of aromatic nitrogens is 2. The van der Waals surface area contributed by atoms with Crippen LogP contribution in [0.1, 0.15) is 41.2 Å². The van der Waals surface area contributed by atoms with E-state index < -0.39 is 0 Å². The molecule has 6 heteroatoms. The minimum Gasteiger partial charge on any atom is -0.368 e. The fourth-order valence-electron chi connectivity index (χ4n) is 3.42. The zero-order chi connectivity index (χ0) is 20.3. The Morgan fingerprint density at radius 2 is 1.75 bits per heavy atom. The number of nitrogens with one attached hydrogen (secondary N) is 1. The summed E-state index contributed by atoms with van der Waals surface area (Å²) in [6, 6.07) is 8.22. The average molecular weight is 382 g/mol. The van der Waals surface area contributed by atoms with Gasteiger partial charge < -0.3 is 15.1 Å². The van der Waals surface area contributed by atoms with Gasteiger partial charge in [-0.3, -0.25) is 4.79 Å². The Balaban J connectivity index is 1.70. The summed E-state index contributed by atoms with van der Waals surface area (Å²) in [6.07, 6.45) is 0. The van der Waals surface area contributed by atoms with Crippen LogP contribution >= 0.6 is 0 Å². The minimum atomic E-state index is -0.130. The standard InChI is InChI=1S/C22H31N5O/c1-15(2)14-23-21(28)19-13-17(4)24-22(25-19)27-11-9-26(10-12-27)20-8-6-7-16(3)18(20)5/h6-8,13,15H,9-12,14H2,1-5H3,(H,23,28). The molecule has 1 saturated heterocycles.